The number of carbonyl (C=O) groups is 1. The zero-order chi connectivity index (χ0) is 11.5. The van der Waals surface area contributed by atoms with Gasteiger partial charge in [0.05, 0.1) is 0 Å². The Labute approximate surface area is 99.5 Å². The first kappa shape index (κ1) is 11.4. The molecule has 1 aliphatic carbocycles. The largest absolute Gasteiger partial charge is 0.375 e. The van der Waals surface area contributed by atoms with Crippen LogP contribution in [0.5, 0.6) is 0 Å². The van der Waals surface area contributed by atoms with Crippen molar-refractivity contribution < 1.29 is 4.79 Å². The number of rotatable bonds is 3. The standard InChI is InChI=1S/C11H17N3OS/c1-2-14(8-5-3-4-6-8)10(15)9-7-16-11(12)13-9/h7-8H,2-6H2,1H3,(H2,12,13). The van der Waals surface area contributed by atoms with Crippen LogP contribution in [-0.2, 0) is 0 Å². The minimum atomic E-state index is 0.0300. The second kappa shape index (κ2) is 4.82. The van der Waals surface area contributed by atoms with Gasteiger partial charge in [0, 0.05) is 18.0 Å². The Kier molecular flexibility index (Phi) is 3.43. The number of nitrogens with zero attached hydrogens (tertiary/aromatic N) is 2. The average Bonchev–Trinajstić information content (AvgIpc) is 2.90. The van der Waals surface area contributed by atoms with Crippen LogP contribution in [0.3, 0.4) is 0 Å². The highest BCUT2D eigenvalue weighted by Gasteiger charge is 2.27. The van der Waals surface area contributed by atoms with E-state index in [0.29, 0.717) is 16.9 Å². The van der Waals surface area contributed by atoms with Crippen molar-refractivity contribution in [3.8, 4) is 0 Å². The monoisotopic (exact) mass is 239 g/mol. The van der Waals surface area contributed by atoms with E-state index in [1.54, 1.807) is 5.38 Å². The van der Waals surface area contributed by atoms with E-state index in [1.807, 2.05) is 11.8 Å². The highest BCUT2D eigenvalue weighted by Crippen LogP contribution is 2.25. The van der Waals surface area contributed by atoms with Crippen LogP contribution < -0.4 is 5.73 Å². The van der Waals surface area contributed by atoms with Crippen molar-refractivity contribution >= 4 is 22.4 Å². The quantitative estimate of drug-likeness (QED) is 0.879. The van der Waals surface area contributed by atoms with E-state index in [4.69, 9.17) is 5.73 Å². The van der Waals surface area contributed by atoms with Gasteiger partial charge in [-0.1, -0.05) is 12.8 Å². The van der Waals surface area contributed by atoms with Crippen molar-refractivity contribution in [3.05, 3.63) is 11.1 Å². The topological polar surface area (TPSA) is 59.2 Å². The van der Waals surface area contributed by atoms with Gasteiger partial charge in [-0.2, -0.15) is 0 Å². The van der Waals surface area contributed by atoms with Gasteiger partial charge in [0.1, 0.15) is 5.69 Å². The molecular weight excluding hydrogens is 222 g/mol. The van der Waals surface area contributed by atoms with Gasteiger partial charge in [0.15, 0.2) is 5.13 Å². The van der Waals surface area contributed by atoms with E-state index < -0.39 is 0 Å². The van der Waals surface area contributed by atoms with Crippen LogP contribution in [0.1, 0.15) is 43.1 Å². The minimum Gasteiger partial charge on any atom is -0.375 e. The summed E-state index contributed by atoms with van der Waals surface area (Å²) in [4.78, 5) is 18.2. The van der Waals surface area contributed by atoms with Crippen LogP contribution in [0.2, 0.25) is 0 Å². The predicted molar refractivity (Wildman–Crippen MR) is 65.5 cm³/mol. The van der Waals surface area contributed by atoms with Crippen LogP contribution in [0.4, 0.5) is 5.13 Å². The third kappa shape index (κ3) is 2.19. The lowest BCUT2D eigenvalue weighted by molar-refractivity contribution is 0.0688. The maximum Gasteiger partial charge on any atom is 0.273 e. The summed E-state index contributed by atoms with van der Waals surface area (Å²) < 4.78 is 0. The Balaban J connectivity index is 2.11. The van der Waals surface area contributed by atoms with Gasteiger partial charge in [0.2, 0.25) is 0 Å². The third-order valence-corrected chi connectivity index (χ3v) is 3.78. The van der Waals surface area contributed by atoms with Crippen molar-refractivity contribution in [1.29, 1.82) is 0 Å². The summed E-state index contributed by atoms with van der Waals surface area (Å²) in [6.45, 7) is 2.77. The van der Waals surface area contributed by atoms with E-state index in [0.717, 1.165) is 19.4 Å². The lowest BCUT2D eigenvalue weighted by atomic mass is 10.2. The van der Waals surface area contributed by atoms with E-state index in [2.05, 4.69) is 4.98 Å². The fraction of sp³-hybridized carbons (Fsp3) is 0.636. The number of hydrogen-bond donors (Lipinski definition) is 1. The van der Waals surface area contributed by atoms with E-state index in [9.17, 15) is 4.79 Å². The first-order chi connectivity index (χ1) is 7.72. The zero-order valence-corrected chi connectivity index (χ0v) is 10.3. The molecule has 88 valence electrons. The van der Waals surface area contributed by atoms with Gasteiger partial charge >= 0.3 is 0 Å². The van der Waals surface area contributed by atoms with Crippen LogP contribution >= 0.6 is 11.3 Å². The van der Waals surface area contributed by atoms with Crippen molar-refractivity contribution in [2.45, 2.75) is 38.6 Å². The summed E-state index contributed by atoms with van der Waals surface area (Å²) in [5, 5.41) is 2.21. The lowest BCUT2D eigenvalue weighted by Gasteiger charge is -2.26. The Morgan fingerprint density at radius 1 is 1.62 bits per heavy atom. The van der Waals surface area contributed by atoms with Crippen LogP contribution in [0.15, 0.2) is 5.38 Å². The van der Waals surface area contributed by atoms with Crippen LogP contribution in [0.25, 0.3) is 0 Å². The molecule has 0 aromatic carbocycles. The van der Waals surface area contributed by atoms with Gasteiger partial charge < -0.3 is 10.6 Å². The summed E-state index contributed by atoms with van der Waals surface area (Å²) in [5.74, 6) is 0.0300. The molecule has 1 aromatic heterocycles. The third-order valence-electron chi connectivity index (χ3n) is 3.11. The molecule has 0 aliphatic heterocycles. The molecule has 1 saturated carbocycles. The molecule has 2 rings (SSSR count). The fourth-order valence-corrected chi connectivity index (χ4v) is 2.85. The maximum absolute atomic E-state index is 12.2. The van der Waals surface area contributed by atoms with Gasteiger partial charge in [-0.15, -0.1) is 11.3 Å². The number of hydrogen-bond acceptors (Lipinski definition) is 4. The minimum absolute atomic E-state index is 0.0300. The Morgan fingerprint density at radius 2 is 2.31 bits per heavy atom. The normalized spacial score (nSPS) is 16.6. The molecule has 0 atom stereocenters. The number of nitrogen functional groups attached to an aromatic ring is 1. The molecule has 1 fully saturated rings. The smallest absolute Gasteiger partial charge is 0.273 e. The molecule has 16 heavy (non-hydrogen) atoms. The molecule has 1 amide bonds. The molecular formula is C11H17N3OS. The average molecular weight is 239 g/mol. The van der Waals surface area contributed by atoms with Crippen molar-refractivity contribution in [2.24, 2.45) is 0 Å². The van der Waals surface area contributed by atoms with Gasteiger partial charge in [-0.05, 0) is 19.8 Å². The molecule has 0 saturated heterocycles. The second-order valence-corrected chi connectivity index (χ2v) is 4.99. The molecule has 2 N–H and O–H groups in total. The summed E-state index contributed by atoms with van der Waals surface area (Å²) in [7, 11) is 0. The number of anilines is 1. The molecule has 0 radical (unpaired) electrons. The number of thiazole rings is 1. The van der Waals surface area contributed by atoms with Gasteiger partial charge in [0.25, 0.3) is 5.91 Å². The second-order valence-electron chi connectivity index (χ2n) is 4.10. The van der Waals surface area contributed by atoms with E-state index >= 15 is 0 Å². The molecule has 0 bridgehead atoms. The summed E-state index contributed by atoms with van der Waals surface area (Å²) >= 11 is 1.32. The number of nitrogens with two attached hydrogens (primary N) is 1. The lowest BCUT2D eigenvalue weighted by Crippen LogP contribution is -2.38. The molecule has 1 heterocycles. The zero-order valence-electron chi connectivity index (χ0n) is 9.48. The molecule has 5 heteroatoms. The highest BCUT2D eigenvalue weighted by molar-refractivity contribution is 7.13. The van der Waals surface area contributed by atoms with Crippen molar-refractivity contribution in [2.75, 3.05) is 12.3 Å². The molecule has 0 unspecified atom stereocenters. The number of amides is 1. The molecule has 1 aromatic rings. The first-order valence-electron chi connectivity index (χ1n) is 5.74. The molecule has 0 spiro atoms. The van der Waals surface area contributed by atoms with Gasteiger partial charge in [-0.25, -0.2) is 4.98 Å². The van der Waals surface area contributed by atoms with E-state index in [1.165, 1.54) is 24.2 Å². The Bertz CT molecular complexity index is 371. The maximum atomic E-state index is 12.2. The van der Waals surface area contributed by atoms with E-state index in [-0.39, 0.29) is 5.91 Å². The highest BCUT2D eigenvalue weighted by atomic mass is 32.1. The molecule has 1 aliphatic rings. The SMILES string of the molecule is CCN(C(=O)c1csc(N)n1)C1CCCC1. The van der Waals surface area contributed by atoms with Crippen LogP contribution in [0, 0.1) is 0 Å². The van der Waals surface area contributed by atoms with Crippen molar-refractivity contribution in [3.63, 3.8) is 0 Å². The number of aromatic nitrogens is 1. The Morgan fingerprint density at radius 3 is 2.81 bits per heavy atom. The first-order valence-corrected chi connectivity index (χ1v) is 6.62. The van der Waals surface area contributed by atoms with Crippen LogP contribution in [-0.4, -0.2) is 28.4 Å². The summed E-state index contributed by atoms with van der Waals surface area (Å²) in [6.07, 6.45) is 4.71. The molecule has 4 nitrogen and oxygen atoms in total. The van der Waals surface area contributed by atoms with Crippen molar-refractivity contribution in [1.82, 2.24) is 9.88 Å². The number of carbonyl (C=O) groups excluding carboxylic acids is 1. The Hall–Kier alpha value is -1.10. The predicted octanol–water partition coefficient (Wildman–Crippen LogP) is 2.13. The summed E-state index contributed by atoms with van der Waals surface area (Å²) in [5.41, 5.74) is 6.04. The fourth-order valence-electron chi connectivity index (χ4n) is 2.32. The van der Waals surface area contributed by atoms with Gasteiger partial charge in [-0.3, -0.25) is 4.79 Å². The summed E-state index contributed by atoms with van der Waals surface area (Å²) in [6, 6.07) is 0.403.